The van der Waals surface area contributed by atoms with Crippen molar-refractivity contribution in [3.05, 3.63) is 59.2 Å². The summed E-state index contributed by atoms with van der Waals surface area (Å²) in [6.07, 6.45) is 3.34. The van der Waals surface area contributed by atoms with Crippen LogP contribution in [0.5, 0.6) is 5.75 Å². The topological polar surface area (TPSA) is 75.7 Å². The summed E-state index contributed by atoms with van der Waals surface area (Å²) in [4.78, 5) is 12.9. The molecule has 0 saturated carbocycles. The Bertz CT molecular complexity index is 967. The zero-order chi connectivity index (χ0) is 20.9. The first-order valence-corrected chi connectivity index (χ1v) is 11.4. The molecule has 0 aliphatic carbocycles. The van der Waals surface area contributed by atoms with Gasteiger partial charge in [-0.3, -0.25) is 4.79 Å². The average molecular weight is 417 g/mol. The van der Waals surface area contributed by atoms with Crippen LogP contribution in [0.2, 0.25) is 0 Å². The van der Waals surface area contributed by atoms with Crippen LogP contribution in [0.25, 0.3) is 0 Å². The van der Waals surface area contributed by atoms with Crippen LogP contribution in [0.15, 0.2) is 47.4 Å². The number of ether oxygens (including phenoxy) is 1. The van der Waals surface area contributed by atoms with Gasteiger partial charge in [-0.1, -0.05) is 36.2 Å². The van der Waals surface area contributed by atoms with Gasteiger partial charge in [-0.2, -0.15) is 4.31 Å². The third-order valence-electron chi connectivity index (χ3n) is 5.18. The fourth-order valence-electron chi connectivity index (χ4n) is 3.63. The van der Waals surface area contributed by atoms with E-state index in [0.29, 0.717) is 26.1 Å². The number of carbonyl (C=O) groups excluding carboxylic acids is 1. The third-order valence-corrected chi connectivity index (χ3v) is 7.14. The standard InChI is InChI=1S/C22H28N2O4S/c1-17-10-11-20(28-2)18(16-17)12-13-23-22(25)19-8-4-5-9-21(19)29(26,27)24-14-6-3-7-15-24/h4-5,8-11,16H,3,6-7,12-15H2,1-2H3,(H,23,25). The number of sulfonamides is 1. The minimum absolute atomic E-state index is 0.0764. The van der Waals surface area contributed by atoms with Gasteiger partial charge in [-0.15, -0.1) is 0 Å². The Morgan fingerprint density at radius 3 is 2.55 bits per heavy atom. The second-order valence-electron chi connectivity index (χ2n) is 7.28. The van der Waals surface area contributed by atoms with Crippen molar-refractivity contribution in [3.8, 4) is 5.75 Å². The van der Waals surface area contributed by atoms with Crippen LogP contribution >= 0.6 is 0 Å². The van der Waals surface area contributed by atoms with Crippen molar-refractivity contribution in [3.63, 3.8) is 0 Å². The molecule has 7 heteroatoms. The summed E-state index contributed by atoms with van der Waals surface area (Å²) >= 11 is 0. The molecule has 1 saturated heterocycles. The van der Waals surface area contributed by atoms with Crippen molar-refractivity contribution in [2.45, 2.75) is 37.5 Å². The van der Waals surface area contributed by atoms with Gasteiger partial charge in [0, 0.05) is 19.6 Å². The molecule has 0 radical (unpaired) electrons. The summed E-state index contributed by atoms with van der Waals surface area (Å²) < 4.78 is 33.0. The van der Waals surface area contributed by atoms with E-state index in [9.17, 15) is 13.2 Å². The van der Waals surface area contributed by atoms with E-state index < -0.39 is 10.0 Å². The van der Waals surface area contributed by atoms with Gasteiger partial charge in [-0.05, 0) is 49.9 Å². The summed E-state index contributed by atoms with van der Waals surface area (Å²) in [5.74, 6) is 0.394. The maximum atomic E-state index is 13.1. The highest BCUT2D eigenvalue weighted by molar-refractivity contribution is 7.89. The lowest BCUT2D eigenvalue weighted by molar-refractivity contribution is 0.0950. The van der Waals surface area contributed by atoms with E-state index in [4.69, 9.17) is 4.74 Å². The van der Waals surface area contributed by atoms with Gasteiger partial charge in [0.05, 0.1) is 17.6 Å². The van der Waals surface area contributed by atoms with Crippen molar-refractivity contribution in [1.29, 1.82) is 0 Å². The molecule has 0 aromatic heterocycles. The minimum atomic E-state index is -3.68. The number of hydrogen-bond donors (Lipinski definition) is 1. The van der Waals surface area contributed by atoms with Gasteiger partial charge in [0.2, 0.25) is 10.0 Å². The Morgan fingerprint density at radius 2 is 1.83 bits per heavy atom. The summed E-state index contributed by atoms with van der Waals surface area (Å²) in [6.45, 7) is 3.40. The number of aryl methyl sites for hydroxylation is 1. The van der Waals surface area contributed by atoms with Crippen molar-refractivity contribution in [2.75, 3.05) is 26.7 Å². The fourth-order valence-corrected chi connectivity index (χ4v) is 5.34. The molecular weight excluding hydrogens is 388 g/mol. The number of methoxy groups -OCH3 is 1. The molecule has 0 unspecified atom stereocenters. The lowest BCUT2D eigenvalue weighted by atomic mass is 10.1. The third kappa shape index (κ3) is 4.97. The SMILES string of the molecule is COc1ccc(C)cc1CCNC(=O)c1ccccc1S(=O)(=O)N1CCCCC1. The number of nitrogens with one attached hydrogen (secondary N) is 1. The van der Waals surface area contributed by atoms with Crippen molar-refractivity contribution >= 4 is 15.9 Å². The molecule has 1 heterocycles. The number of hydrogen-bond acceptors (Lipinski definition) is 4. The quantitative estimate of drug-likeness (QED) is 0.752. The van der Waals surface area contributed by atoms with Crippen molar-refractivity contribution < 1.29 is 17.9 Å². The summed E-state index contributed by atoms with van der Waals surface area (Å²) in [5, 5.41) is 2.86. The van der Waals surface area contributed by atoms with Gasteiger partial charge in [0.25, 0.3) is 5.91 Å². The molecule has 0 spiro atoms. The van der Waals surface area contributed by atoms with E-state index >= 15 is 0 Å². The van der Waals surface area contributed by atoms with E-state index in [1.165, 1.54) is 10.4 Å². The fraction of sp³-hybridized carbons (Fsp3) is 0.409. The number of amides is 1. The van der Waals surface area contributed by atoms with Crippen LogP contribution in [0.1, 0.15) is 40.7 Å². The van der Waals surface area contributed by atoms with Gasteiger partial charge < -0.3 is 10.1 Å². The number of nitrogens with zero attached hydrogens (tertiary/aromatic N) is 1. The molecule has 156 valence electrons. The Hall–Kier alpha value is -2.38. The number of rotatable bonds is 7. The molecule has 1 fully saturated rings. The monoisotopic (exact) mass is 416 g/mol. The van der Waals surface area contributed by atoms with E-state index in [-0.39, 0.29) is 16.4 Å². The first-order valence-electron chi connectivity index (χ1n) is 9.94. The van der Waals surface area contributed by atoms with Crippen LogP contribution in [0.3, 0.4) is 0 Å². The lowest BCUT2D eigenvalue weighted by Crippen LogP contribution is -2.37. The van der Waals surface area contributed by atoms with Gasteiger partial charge >= 0.3 is 0 Å². The normalized spacial score (nSPS) is 15.1. The van der Waals surface area contributed by atoms with Crippen LogP contribution in [0.4, 0.5) is 0 Å². The van der Waals surface area contributed by atoms with Crippen molar-refractivity contribution in [1.82, 2.24) is 9.62 Å². The summed E-state index contributed by atoms with van der Waals surface area (Å²) in [6, 6.07) is 12.3. The highest BCUT2D eigenvalue weighted by Crippen LogP contribution is 2.24. The summed E-state index contributed by atoms with van der Waals surface area (Å²) in [5.41, 5.74) is 2.31. The number of piperidine rings is 1. The Labute approximate surface area is 172 Å². The Balaban J connectivity index is 1.73. The zero-order valence-corrected chi connectivity index (χ0v) is 17.8. The van der Waals surface area contributed by atoms with E-state index in [2.05, 4.69) is 5.32 Å². The molecule has 1 aliphatic heterocycles. The first-order chi connectivity index (χ1) is 13.9. The van der Waals surface area contributed by atoms with Crippen LogP contribution in [0, 0.1) is 6.92 Å². The Kier molecular flexibility index (Phi) is 6.92. The smallest absolute Gasteiger partial charge is 0.252 e. The number of carbonyl (C=O) groups is 1. The molecule has 0 bridgehead atoms. The van der Waals surface area contributed by atoms with E-state index in [1.54, 1.807) is 25.3 Å². The molecule has 2 aromatic carbocycles. The second kappa shape index (κ2) is 9.41. The second-order valence-corrected chi connectivity index (χ2v) is 9.19. The molecule has 1 N–H and O–H groups in total. The average Bonchev–Trinajstić information content (AvgIpc) is 2.74. The molecule has 0 atom stereocenters. The largest absolute Gasteiger partial charge is 0.496 e. The van der Waals surface area contributed by atoms with Gasteiger partial charge in [0.15, 0.2) is 0 Å². The van der Waals surface area contributed by atoms with E-state index in [1.807, 2.05) is 25.1 Å². The van der Waals surface area contributed by atoms with Crippen LogP contribution < -0.4 is 10.1 Å². The van der Waals surface area contributed by atoms with E-state index in [0.717, 1.165) is 36.1 Å². The Morgan fingerprint density at radius 1 is 1.10 bits per heavy atom. The summed E-state index contributed by atoms with van der Waals surface area (Å²) in [7, 11) is -2.06. The van der Waals surface area contributed by atoms with Crippen LogP contribution in [-0.2, 0) is 16.4 Å². The lowest BCUT2D eigenvalue weighted by Gasteiger charge is -2.26. The maximum absolute atomic E-state index is 13.1. The first kappa shape index (κ1) is 21.3. The maximum Gasteiger partial charge on any atom is 0.252 e. The predicted octanol–water partition coefficient (Wildman–Crippen LogP) is 3.15. The molecule has 2 aromatic rings. The van der Waals surface area contributed by atoms with Crippen LogP contribution in [-0.4, -0.2) is 45.4 Å². The van der Waals surface area contributed by atoms with Gasteiger partial charge in [-0.25, -0.2) is 8.42 Å². The predicted molar refractivity (Wildman–Crippen MR) is 113 cm³/mol. The van der Waals surface area contributed by atoms with Crippen molar-refractivity contribution in [2.24, 2.45) is 0 Å². The molecule has 29 heavy (non-hydrogen) atoms. The number of benzene rings is 2. The highest BCUT2D eigenvalue weighted by atomic mass is 32.2. The van der Waals surface area contributed by atoms with Gasteiger partial charge in [0.1, 0.15) is 5.75 Å². The highest BCUT2D eigenvalue weighted by Gasteiger charge is 2.29. The minimum Gasteiger partial charge on any atom is -0.496 e. The molecule has 1 aliphatic rings. The molecule has 1 amide bonds. The molecule has 3 rings (SSSR count). The zero-order valence-electron chi connectivity index (χ0n) is 17.0. The molecule has 6 nitrogen and oxygen atoms in total. The molecular formula is C22H28N2O4S.